The van der Waals surface area contributed by atoms with Gasteiger partial charge in [-0.15, -0.1) is 0 Å². The standard InChI is InChI=1S/C22H18N2O3/c1-16-7-11-19(12-8-16)23-22(25)21(18-5-3-2-4-6-18)15-17-9-13-20(14-10-17)24(26)27/h2-15H,1H3,(H,23,25)/b21-15+. The van der Waals surface area contributed by atoms with Gasteiger partial charge in [-0.2, -0.15) is 0 Å². The van der Waals surface area contributed by atoms with Crippen LogP contribution in [0.3, 0.4) is 0 Å². The van der Waals surface area contributed by atoms with Crippen molar-refractivity contribution < 1.29 is 9.72 Å². The Balaban J connectivity index is 1.94. The molecule has 0 saturated carbocycles. The number of carbonyl (C=O) groups excluding carboxylic acids is 1. The molecule has 3 aromatic carbocycles. The molecule has 1 amide bonds. The fraction of sp³-hybridized carbons (Fsp3) is 0.0455. The van der Waals surface area contributed by atoms with Crippen LogP contribution in [0.2, 0.25) is 0 Å². The van der Waals surface area contributed by atoms with Crippen molar-refractivity contribution in [1.82, 2.24) is 0 Å². The van der Waals surface area contributed by atoms with E-state index in [4.69, 9.17) is 0 Å². The molecule has 0 unspecified atom stereocenters. The molecule has 5 nitrogen and oxygen atoms in total. The summed E-state index contributed by atoms with van der Waals surface area (Å²) in [6, 6.07) is 23.0. The zero-order valence-corrected chi connectivity index (χ0v) is 14.8. The van der Waals surface area contributed by atoms with Gasteiger partial charge < -0.3 is 5.32 Å². The van der Waals surface area contributed by atoms with Gasteiger partial charge in [0.1, 0.15) is 0 Å². The van der Waals surface area contributed by atoms with Crippen molar-refractivity contribution in [1.29, 1.82) is 0 Å². The summed E-state index contributed by atoms with van der Waals surface area (Å²) in [5.74, 6) is -0.247. The summed E-state index contributed by atoms with van der Waals surface area (Å²) >= 11 is 0. The lowest BCUT2D eigenvalue weighted by molar-refractivity contribution is -0.384. The van der Waals surface area contributed by atoms with Crippen LogP contribution in [0.15, 0.2) is 78.9 Å². The Morgan fingerprint density at radius 2 is 1.56 bits per heavy atom. The summed E-state index contributed by atoms with van der Waals surface area (Å²) in [5, 5.41) is 13.7. The highest BCUT2D eigenvalue weighted by atomic mass is 16.6. The molecule has 5 heteroatoms. The van der Waals surface area contributed by atoms with Crippen LogP contribution in [0.5, 0.6) is 0 Å². The molecular formula is C22H18N2O3. The van der Waals surface area contributed by atoms with E-state index in [1.54, 1.807) is 18.2 Å². The number of carbonyl (C=O) groups is 1. The Labute approximate surface area is 157 Å². The van der Waals surface area contributed by atoms with Crippen molar-refractivity contribution in [3.8, 4) is 0 Å². The first-order valence-electron chi connectivity index (χ1n) is 8.42. The number of non-ortho nitro benzene ring substituents is 1. The Hall–Kier alpha value is -3.73. The minimum atomic E-state index is -0.449. The van der Waals surface area contributed by atoms with E-state index < -0.39 is 4.92 Å². The van der Waals surface area contributed by atoms with Gasteiger partial charge in [-0.05, 0) is 48.4 Å². The fourth-order valence-electron chi connectivity index (χ4n) is 2.59. The first-order chi connectivity index (χ1) is 13.0. The average Bonchev–Trinajstić information content (AvgIpc) is 2.69. The number of anilines is 1. The molecule has 134 valence electrons. The number of rotatable bonds is 5. The molecule has 0 aliphatic heterocycles. The zero-order chi connectivity index (χ0) is 19.2. The highest BCUT2D eigenvalue weighted by Gasteiger charge is 2.13. The van der Waals surface area contributed by atoms with Crippen LogP contribution in [0.4, 0.5) is 11.4 Å². The Bertz CT molecular complexity index is 976. The lowest BCUT2D eigenvalue weighted by Gasteiger charge is -2.10. The van der Waals surface area contributed by atoms with Crippen LogP contribution in [-0.2, 0) is 4.79 Å². The second-order valence-electron chi connectivity index (χ2n) is 6.09. The average molecular weight is 358 g/mol. The number of benzene rings is 3. The van der Waals surface area contributed by atoms with Gasteiger partial charge in [-0.3, -0.25) is 14.9 Å². The first-order valence-corrected chi connectivity index (χ1v) is 8.42. The van der Waals surface area contributed by atoms with Crippen molar-refractivity contribution in [2.45, 2.75) is 6.92 Å². The van der Waals surface area contributed by atoms with Gasteiger partial charge in [0.05, 0.1) is 4.92 Å². The van der Waals surface area contributed by atoms with E-state index in [1.165, 1.54) is 12.1 Å². The van der Waals surface area contributed by atoms with E-state index >= 15 is 0 Å². The molecule has 0 spiro atoms. The second kappa shape index (κ2) is 8.10. The number of aryl methyl sites for hydroxylation is 1. The monoisotopic (exact) mass is 358 g/mol. The Morgan fingerprint density at radius 3 is 2.15 bits per heavy atom. The van der Waals surface area contributed by atoms with E-state index in [0.29, 0.717) is 16.8 Å². The summed E-state index contributed by atoms with van der Waals surface area (Å²) in [7, 11) is 0. The van der Waals surface area contributed by atoms with Gasteiger partial charge in [0.2, 0.25) is 0 Å². The molecule has 0 bridgehead atoms. The number of hydrogen-bond acceptors (Lipinski definition) is 3. The van der Waals surface area contributed by atoms with Crippen molar-refractivity contribution in [3.05, 3.63) is 106 Å². The largest absolute Gasteiger partial charge is 0.322 e. The molecular weight excluding hydrogens is 340 g/mol. The maximum Gasteiger partial charge on any atom is 0.269 e. The van der Waals surface area contributed by atoms with E-state index in [1.807, 2.05) is 61.5 Å². The quantitative estimate of drug-likeness (QED) is 0.299. The van der Waals surface area contributed by atoms with Crippen LogP contribution in [0.25, 0.3) is 11.6 Å². The number of amides is 1. The third-order valence-electron chi connectivity index (χ3n) is 4.05. The van der Waals surface area contributed by atoms with Gasteiger partial charge >= 0.3 is 0 Å². The normalized spacial score (nSPS) is 11.1. The minimum absolute atomic E-state index is 0.0116. The molecule has 0 radical (unpaired) electrons. The molecule has 3 aromatic rings. The van der Waals surface area contributed by atoms with Crippen molar-refractivity contribution >= 4 is 28.9 Å². The Kier molecular flexibility index (Phi) is 5.42. The van der Waals surface area contributed by atoms with Gasteiger partial charge in [-0.1, -0.05) is 48.0 Å². The lowest BCUT2D eigenvalue weighted by atomic mass is 10.0. The number of nitrogens with one attached hydrogen (secondary N) is 1. The number of nitrogens with zero attached hydrogens (tertiary/aromatic N) is 1. The number of nitro benzene ring substituents is 1. The molecule has 3 rings (SSSR count). The number of nitro groups is 1. The molecule has 27 heavy (non-hydrogen) atoms. The van der Waals surface area contributed by atoms with Crippen LogP contribution in [0, 0.1) is 17.0 Å². The van der Waals surface area contributed by atoms with Gasteiger partial charge in [0.25, 0.3) is 11.6 Å². The Morgan fingerprint density at radius 1 is 0.926 bits per heavy atom. The highest BCUT2D eigenvalue weighted by Crippen LogP contribution is 2.22. The fourth-order valence-corrected chi connectivity index (χ4v) is 2.59. The van der Waals surface area contributed by atoms with E-state index in [-0.39, 0.29) is 11.6 Å². The molecule has 0 saturated heterocycles. The summed E-state index contributed by atoms with van der Waals surface area (Å²) in [5.41, 5.74) is 3.77. The molecule has 0 heterocycles. The van der Waals surface area contributed by atoms with Crippen LogP contribution in [0.1, 0.15) is 16.7 Å². The van der Waals surface area contributed by atoms with Gasteiger partial charge in [0, 0.05) is 23.4 Å². The van der Waals surface area contributed by atoms with E-state index in [2.05, 4.69) is 5.32 Å². The van der Waals surface area contributed by atoms with Crippen LogP contribution in [-0.4, -0.2) is 10.8 Å². The summed E-state index contributed by atoms with van der Waals surface area (Å²) < 4.78 is 0. The van der Waals surface area contributed by atoms with Crippen molar-refractivity contribution in [3.63, 3.8) is 0 Å². The molecule has 0 aliphatic rings. The van der Waals surface area contributed by atoms with Gasteiger partial charge in [0.15, 0.2) is 0 Å². The first kappa shape index (κ1) is 18.1. The molecule has 0 aromatic heterocycles. The predicted molar refractivity (Wildman–Crippen MR) is 107 cm³/mol. The van der Waals surface area contributed by atoms with Crippen molar-refractivity contribution in [2.24, 2.45) is 0 Å². The maximum atomic E-state index is 12.9. The summed E-state index contributed by atoms with van der Waals surface area (Å²) in [6.07, 6.45) is 1.72. The maximum absolute atomic E-state index is 12.9. The van der Waals surface area contributed by atoms with Gasteiger partial charge in [-0.25, -0.2) is 0 Å². The van der Waals surface area contributed by atoms with Crippen LogP contribution >= 0.6 is 0 Å². The topological polar surface area (TPSA) is 72.2 Å². The molecule has 0 atom stereocenters. The predicted octanol–water partition coefficient (Wildman–Crippen LogP) is 5.08. The molecule has 0 fully saturated rings. The lowest BCUT2D eigenvalue weighted by Crippen LogP contribution is -2.13. The van der Waals surface area contributed by atoms with Crippen LogP contribution < -0.4 is 5.32 Å². The minimum Gasteiger partial charge on any atom is -0.322 e. The van der Waals surface area contributed by atoms with E-state index in [9.17, 15) is 14.9 Å². The second-order valence-corrected chi connectivity index (χ2v) is 6.09. The zero-order valence-electron chi connectivity index (χ0n) is 14.8. The SMILES string of the molecule is Cc1ccc(NC(=O)/C(=C/c2ccc([N+](=O)[O-])cc2)c2ccccc2)cc1. The van der Waals surface area contributed by atoms with E-state index in [0.717, 1.165) is 11.1 Å². The third-order valence-corrected chi connectivity index (χ3v) is 4.05. The number of hydrogen-bond donors (Lipinski definition) is 1. The summed E-state index contributed by atoms with van der Waals surface area (Å²) in [4.78, 5) is 23.3. The summed E-state index contributed by atoms with van der Waals surface area (Å²) in [6.45, 7) is 1.98. The van der Waals surface area contributed by atoms with Crippen molar-refractivity contribution in [2.75, 3.05) is 5.32 Å². The third kappa shape index (κ3) is 4.67. The smallest absolute Gasteiger partial charge is 0.269 e. The highest BCUT2D eigenvalue weighted by molar-refractivity contribution is 6.29. The molecule has 1 N–H and O–H groups in total. The molecule has 0 aliphatic carbocycles.